The summed E-state index contributed by atoms with van der Waals surface area (Å²) in [6, 6.07) is 1.24. The Bertz CT molecular complexity index is 236. The number of piperazine rings is 1. The van der Waals surface area contributed by atoms with Crippen molar-refractivity contribution in [1.82, 2.24) is 9.80 Å². The topological polar surface area (TPSA) is 32.5 Å². The van der Waals surface area contributed by atoms with Gasteiger partial charge in [-0.05, 0) is 38.5 Å². The molecule has 1 heterocycles. The molecule has 106 valence electrons. The van der Waals surface area contributed by atoms with Gasteiger partial charge < -0.3 is 10.6 Å². The lowest BCUT2D eigenvalue weighted by molar-refractivity contribution is 0.0834. The molecule has 2 N–H and O–H groups in total. The highest BCUT2D eigenvalue weighted by molar-refractivity contribution is 4.81. The van der Waals surface area contributed by atoms with E-state index in [1.54, 1.807) is 0 Å². The Labute approximate surface area is 113 Å². The number of nitrogens with zero attached hydrogens (tertiary/aromatic N) is 2. The van der Waals surface area contributed by atoms with Crippen molar-refractivity contribution in [1.29, 1.82) is 0 Å². The van der Waals surface area contributed by atoms with Gasteiger partial charge in [-0.1, -0.05) is 13.3 Å². The molecule has 1 aliphatic carbocycles. The van der Waals surface area contributed by atoms with Crippen LogP contribution in [0, 0.1) is 5.92 Å². The summed E-state index contributed by atoms with van der Waals surface area (Å²) in [6.45, 7) is 11.0. The van der Waals surface area contributed by atoms with E-state index in [0.29, 0.717) is 6.04 Å². The van der Waals surface area contributed by atoms with Crippen molar-refractivity contribution in [3.63, 3.8) is 0 Å². The van der Waals surface area contributed by atoms with Crippen molar-refractivity contribution in [3.8, 4) is 0 Å². The van der Waals surface area contributed by atoms with Crippen molar-refractivity contribution in [2.75, 3.05) is 32.7 Å². The minimum atomic E-state index is 0.477. The molecule has 0 aromatic rings. The third kappa shape index (κ3) is 3.94. The number of nitrogens with two attached hydrogens (primary N) is 1. The lowest BCUT2D eigenvalue weighted by Crippen LogP contribution is -2.50. The Balaban J connectivity index is 1.70. The zero-order valence-corrected chi connectivity index (χ0v) is 12.3. The van der Waals surface area contributed by atoms with Gasteiger partial charge in [0.15, 0.2) is 0 Å². The molecule has 2 aliphatic rings. The zero-order chi connectivity index (χ0) is 13.0. The fraction of sp³-hybridized carbons (Fsp3) is 1.00. The maximum absolute atomic E-state index is 6.08. The smallest absolute Gasteiger partial charge is 0.0113 e. The summed E-state index contributed by atoms with van der Waals surface area (Å²) in [7, 11) is 0. The van der Waals surface area contributed by atoms with Gasteiger partial charge in [0, 0.05) is 44.8 Å². The summed E-state index contributed by atoms with van der Waals surface area (Å²) in [5.41, 5.74) is 6.08. The fourth-order valence-electron chi connectivity index (χ4n) is 3.51. The van der Waals surface area contributed by atoms with E-state index in [-0.39, 0.29) is 0 Å². The summed E-state index contributed by atoms with van der Waals surface area (Å²) in [4.78, 5) is 5.31. The maximum Gasteiger partial charge on any atom is 0.0113 e. The quantitative estimate of drug-likeness (QED) is 0.831. The lowest BCUT2D eigenvalue weighted by atomic mass is 9.86. The van der Waals surface area contributed by atoms with Gasteiger partial charge in [0.1, 0.15) is 0 Å². The minimum Gasteiger partial charge on any atom is -0.328 e. The van der Waals surface area contributed by atoms with Crippen molar-refractivity contribution in [3.05, 3.63) is 0 Å². The van der Waals surface area contributed by atoms with Gasteiger partial charge in [-0.3, -0.25) is 4.90 Å². The van der Waals surface area contributed by atoms with Crippen molar-refractivity contribution in [2.45, 2.75) is 58.0 Å². The molecule has 0 bridgehead atoms. The van der Waals surface area contributed by atoms with Gasteiger partial charge >= 0.3 is 0 Å². The summed E-state index contributed by atoms with van der Waals surface area (Å²) >= 11 is 0. The number of hydrogen-bond donors (Lipinski definition) is 1. The molecule has 18 heavy (non-hydrogen) atoms. The van der Waals surface area contributed by atoms with Crippen LogP contribution in [0.4, 0.5) is 0 Å². The molecule has 1 saturated carbocycles. The predicted molar refractivity (Wildman–Crippen MR) is 77.7 cm³/mol. The van der Waals surface area contributed by atoms with Crippen LogP contribution in [0.25, 0.3) is 0 Å². The largest absolute Gasteiger partial charge is 0.328 e. The van der Waals surface area contributed by atoms with Gasteiger partial charge in [0.2, 0.25) is 0 Å². The molecule has 3 heteroatoms. The molecular weight excluding hydrogens is 222 g/mol. The van der Waals surface area contributed by atoms with E-state index in [9.17, 15) is 0 Å². The molecule has 0 aromatic carbocycles. The average Bonchev–Trinajstić information content (AvgIpc) is 2.39. The molecule has 2 rings (SSSR count). The first-order chi connectivity index (χ1) is 8.69. The van der Waals surface area contributed by atoms with Gasteiger partial charge in [0.25, 0.3) is 0 Å². The van der Waals surface area contributed by atoms with Crippen LogP contribution in [-0.4, -0.2) is 54.6 Å². The molecular formula is C15H31N3. The Hall–Kier alpha value is -0.120. The van der Waals surface area contributed by atoms with E-state index in [0.717, 1.165) is 12.0 Å². The molecule has 3 atom stereocenters. The molecule has 0 aromatic heterocycles. The van der Waals surface area contributed by atoms with Crippen molar-refractivity contribution in [2.24, 2.45) is 11.7 Å². The molecule has 0 amide bonds. The van der Waals surface area contributed by atoms with Crippen LogP contribution < -0.4 is 5.73 Å². The SMILES string of the molecule is CCC(C)N1CCN(CC2CCCC(N)C2)CC1. The van der Waals surface area contributed by atoms with Crippen LogP contribution in [0.1, 0.15) is 46.0 Å². The van der Waals surface area contributed by atoms with Crippen LogP contribution in [0.3, 0.4) is 0 Å². The van der Waals surface area contributed by atoms with E-state index >= 15 is 0 Å². The van der Waals surface area contributed by atoms with Crippen LogP contribution in [0.15, 0.2) is 0 Å². The molecule has 0 radical (unpaired) electrons. The van der Waals surface area contributed by atoms with Crippen LogP contribution in [0.2, 0.25) is 0 Å². The fourth-order valence-corrected chi connectivity index (χ4v) is 3.51. The van der Waals surface area contributed by atoms with Crippen LogP contribution in [-0.2, 0) is 0 Å². The Kier molecular flexibility index (Phi) is 5.46. The van der Waals surface area contributed by atoms with E-state index < -0.39 is 0 Å². The highest BCUT2D eigenvalue weighted by Gasteiger charge is 2.24. The molecule has 0 spiro atoms. The Morgan fingerprint density at radius 2 is 1.89 bits per heavy atom. The molecule has 3 unspecified atom stereocenters. The van der Waals surface area contributed by atoms with Crippen molar-refractivity contribution < 1.29 is 0 Å². The third-order valence-electron chi connectivity index (χ3n) is 4.96. The first-order valence-corrected chi connectivity index (χ1v) is 7.91. The van der Waals surface area contributed by atoms with Crippen LogP contribution in [0.5, 0.6) is 0 Å². The van der Waals surface area contributed by atoms with Gasteiger partial charge in [0.05, 0.1) is 0 Å². The lowest BCUT2D eigenvalue weighted by Gasteiger charge is -2.40. The van der Waals surface area contributed by atoms with Gasteiger partial charge in [-0.2, -0.15) is 0 Å². The molecule has 3 nitrogen and oxygen atoms in total. The summed E-state index contributed by atoms with van der Waals surface area (Å²) in [5, 5.41) is 0. The minimum absolute atomic E-state index is 0.477. The summed E-state index contributed by atoms with van der Waals surface area (Å²) in [5.74, 6) is 0.865. The highest BCUT2D eigenvalue weighted by Crippen LogP contribution is 2.24. The monoisotopic (exact) mass is 253 g/mol. The standard InChI is InChI=1S/C15H31N3/c1-3-13(2)18-9-7-17(8-10-18)12-14-5-4-6-15(16)11-14/h13-15H,3-12,16H2,1-2H3. The summed E-state index contributed by atoms with van der Waals surface area (Å²) < 4.78 is 0. The molecule has 1 saturated heterocycles. The molecule has 1 aliphatic heterocycles. The first-order valence-electron chi connectivity index (χ1n) is 7.91. The van der Waals surface area contributed by atoms with Gasteiger partial charge in [-0.25, -0.2) is 0 Å². The van der Waals surface area contributed by atoms with E-state index in [1.807, 2.05) is 0 Å². The second-order valence-corrected chi connectivity index (χ2v) is 6.39. The van der Waals surface area contributed by atoms with Crippen molar-refractivity contribution >= 4 is 0 Å². The third-order valence-corrected chi connectivity index (χ3v) is 4.96. The molecule has 2 fully saturated rings. The maximum atomic E-state index is 6.08. The normalized spacial score (nSPS) is 33.5. The second kappa shape index (κ2) is 6.88. The van der Waals surface area contributed by atoms with E-state index in [2.05, 4.69) is 23.6 Å². The first kappa shape index (κ1) is 14.3. The number of rotatable bonds is 4. The highest BCUT2D eigenvalue weighted by atomic mass is 15.3. The number of hydrogen-bond acceptors (Lipinski definition) is 3. The predicted octanol–water partition coefficient (Wildman–Crippen LogP) is 1.92. The van der Waals surface area contributed by atoms with E-state index in [1.165, 1.54) is 64.8 Å². The average molecular weight is 253 g/mol. The van der Waals surface area contributed by atoms with Crippen LogP contribution >= 0.6 is 0 Å². The Morgan fingerprint density at radius 1 is 1.17 bits per heavy atom. The van der Waals surface area contributed by atoms with E-state index in [4.69, 9.17) is 5.73 Å². The Morgan fingerprint density at radius 3 is 2.50 bits per heavy atom. The van der Waals surface area contributed by atoms with Gasteiger partial charge in [-0.15, -0.1) is 0 Å². The summed E-state index contributed by atoms with van der Waals surface area (Å²) in [6.07, 6.45) is 6.53. The zero-order valence-electron chi connectivity index (χ0n) is 12.3. The second-order valence-electron chi connectivity index (χ2n) is 6.39.